The number of hydrogen-bond acceptors (Lipinski definition) is 8. The molecular formula is C25H16F2N4O3S2. The average Bonchev–Trinajstić information content (AvgIpc) is 3.46. The van der Waals surface area contributed by atoms with Crippen molar-refractivity contribution < 1.29 is 23.5 Å². The Morgan fingerprint density at radius 1 is 1.00 bits per heavy atom. The number of thioether (sulfide) groups is 1. The number of Topliss-reactive ketones (excluding diaryl/α,β-unsaturated/α-hetero) is 1. The number of pyridine rings is 1. The highest BCUT2D eigenvalue weighted by atomic mass is 32.2. The summed E-state index contributed by atoms with van der Waals surface area (Å²) in [5.41, 5.74) is 1.04. The second-order valence-electron chi connectivity index (χ2n) is 7.69. The summed E-state index contributed by atoms with van der Waals surface area (Å²) in [4.78, 5) is 31.4. The molecule has 36 heavy (non-hydrogen) atoms. The summed E-state index contributed by atoms with van der Waals surface area (Å²) in [6, 6.07) is 13.6. The molecule has 180 valence electrons. The number of carbonyl (C=O) groups is 2. The third kappa shape index (κ3) is 4.50. The molecule has 2 aromatic heterocycles. The van der Waals surface area contributed by atoms with Crippen molar-refractivity contribution in [2.24, 2.45) is 0 Å². The molecule has 11 heteroatoms. The maximum atomic E-state index is 14.0. The molecule has 2 aromatic carbocycles. The molecule has 0 aliphatic carbocycles. The normalized spacial score (nSPS) is 17.1. The van der Waals surface area contributed by atoms with Crippen LogP contribution in [0.15, 0.2) is 83.0 Å². The van der Waals surface area contributed by atoms with E-state index in [-0.39, 0.29) is 22.1 Å². The first kappa shape index (κ1) is 23.8. The molecule has 1 aliphatic rings. The van der Waals surface area contributed by atoms with Crippen molar-refractivity contribution in [3.05, 3.63) is 107 Å². The molecule has 1 fully saturated rings. The van der Waals surface area contributed by atoms with Crippen molar-refractivity contribution in [1.82, 2.24) is 15.2 Å². The van der Waals surface area contributed by atoms with Crippen molar-refractivity contribution in [2.75, 3.05) is 4.90 Å². The van der Waals surface area contributed by atoms with Crippen LogP contribution in [-0.4, -0.2) is 32.0 Å². The fourth-order valence-corrected chi connectivity index (χ4v) is 5.62. The lowest BCUT2D eigenvalue weighted by Crippen LogP contribution is -2.29. The highest BCUT2D eigenvalue weighted by Crippen LogP contribution is 2.43. The quantitative estimate of drug-likeness (QED) is 0.123. The zero-order valence-electron chi connectivity index (χ0n) is 18.3. The van der Waals surface area contributed by atoms with Gasteiger partial charge in [-0.1, -0.05) is 41.3 Å². The van der Waals surface area contributed by atoms with E-state index in [2.05, 4.69) is 15.2 Å². The number of aliphatic hydroxyl groups excluding tert-OH is 1. The Balaban J connectivity index is 1.53. The molecule has 0 bridgehead atoms. The topological polar surface area (TPSA) is 96.3 Å². The molecular weight excluding hydrogens is 506 g/mol. The lowest BCUT2D eigenvalue weighted by molar-refractivity contribution is -0.132. The molecule has 7 nitrogen and oxygen atoms in total. The molecule has 5 rings (SSSR count). The van der Waals surface area contributed by atoms with Crippen LogP contribution in [0.5, 0.6) is 0 Å². The van der Waals surface area contributed by atoms with Gasteiger partial charge in [0.05, 0.1) is 11.6 Å². The lowest BCUT2D eigenvalue weighted by atomic mass is 9.96. The van der Waals surface area contributed by atoms with Crippen LogP contribution < -0.4 is 4.90 Å². The molecule has 1 aliphatic heterocycles. The number of carbonyl (C=O) groups excluding carboxylic acids is 2. The Hall–Kier alpha value is -3.96. The molecule has 1 unspecified atom stereocenters. The first-order valence-electron chi connectivity index (χ1n) is 10.6. The van der Waals surface area contributed by atoms with Gasteiger partial charge in [-0.2, -0.15) is 0 Å². The number of aromatic nitrogens is 3. The van der Waals surface area contributed by atoms with Crippen LogP contribution in [0, 0.1) is 11.6 Å². The number of hydrogen-bond donors (Lipinski definition) is 1. The summed E-state index contributed by atoms with van der Waals surface area (Å²) in [6.45, 7) is 0. The number of rotatable bonds is 6. The summed E-state index contributed by atoms with van der Waals surface area (Å²) >= 11 is 2.32. The molecule has 0 radical (unpaired) electrons. The Morgan fingerprint density at radius 3 is 2.44 bits per heavy atom. The number of aliphatic hydroxyl groups is 1. The van der Waals surface area contributed by atoms with Gasteiger partial charge in [-0.05, 0) is 53.6 Å². The van der Waals surface area contributed by atoms with Gasteiger partial charge in [-0.3, -0.25) is 19.5 Å². The lowest BCUT2D eigenvalue weighted by Gasteiger charge is -2.22. The standard InChI is InChI=1S/C25H16F2N4O3S2/c26-17-7-5-15(6-8-17)21(32)19-20(14-9-11-28-12-10-14)31(23(34)22(19)33)24-29-30-25(36-24)35-13-16-3-1-2-4-18(16)27/h1-12,20,32H,13H2/b21-19-. The SMILES string of the molecule is O=C1C(=O)N(c2nnc(SCc3ccccc3F)s2)C(c2ccncc2)/C1=C(/O)c1ccc(F)cc1. The van der Waals surface area contributed by atoms with Crippen molar-refractivity contribution in [3.63, 3.8) is 0 Å². The van der Waals surface area contributed by atoms with Crippen molar-refractivity contribution in [2.45, 2.75) is 16.1 Å². The van der Waals surface area contributed by atoms with Crippen LogP contribution in [-0.2, 0) is 15.3 Å². The van der Waals surface area contributed by atoms with Gasteiger partial charge < -0.3 is 5.11 Å². The van der Waals surface area contributed by atoms with E-state index in [0.717, 1.165) is 23.5 Å². The molecule has 3 heterocycles. The predicted molar refractivity (Wildman–Crippen MR) is 131 cm³/mol. The number of nitrogens with zero attached hydrogens (tertiary/aromatic N) is 4. The molecule has 4 aromatic rings. The van der Waals surface area contributed by atoms with Crippen LogP contribution >= 0.6 is 23.1 Å². The summed E-state index contributed by atoms with van der Waals surface area (Å²) < 4.78 is 27.9. The summed E-state index contributed by atoms with van der Waals surface area (Å²) in [5, 5.41) is 19.4. The van der Waals surface area contributed by atoms with E-state index >= 15 is 0 Å². The van der Waals surface area contributed by atoms with Crippen LogP contribution in [0.1, 0.15) is 22.7 Å². The molecule has 1 amide bonds. The average molecular weight is 523 g/mol. The maximum Gasteiger partial charge on any atom is 0.301 e. The number of ketones is 1. The van der Waals surface area contributed by atoms with E-state index in [4.69, 9.17) is 0 Å². The summed E-state index contributed by atoms with van der Waals surface area (Å²) in [7, 11) is 0. The third-order valence-corrected chi connectivity index (χ3v) is 7.60. The highest BCUT2D eigenvalue weighted by molar-refractivity contribution is 8.00. The second-order valence-corrected chi connectivity index (χ2v) is 9.87. The van der Waals surface area contributed by atoms with E-state index in [1.54, 1.807) is 30.3 Å². The van der Waals surface area contributed by atoms with E-state index in [0.29, 0.717) is 21.2 Å². The van der Waals surface area contributed by atoms with Crippen molar-refractivity contribution in [3.8, 4) is 0 Å². The Bertz CT molecular complexity index is 1480. The maximum absolute atomic E-state index is 14.0. The molecule has 1 N–H and O–H groups in total. The number of benzene rings is 2. The molecule has 0 spiro atoms. The fraction of sp³-hybridized carbons (Fsp3) is 0.0800. The zero-order chi connectivity index (χ0) is 25.2. The van der Waals surface area contributed by atoms with Crippen molar-refractivity contribution >= 4 is 45.7 Å². The van der Waals surface area contributed by atoms with Gasteiger partial charge in [-0.25, -0.2) is 8.78 Å². The van der Waals surface area contributed by atoms with Crippen LogP contribution in [0.25, 0.3) is 5.76 Å². The van der Waals surface area contributed by atoms with E-state index < -0.39 is 29.3 Å². The minimum Gasteiger partial charge on any atom is -0.507 e. The number of anilines is 1. The van der Waals surface area contributed by atoms with Crippen LogP contribution in [0.2, 0.25) is 0 Å². The molecule has 1 saturated heterocycles. The molecule has 0 saturated carbocycles. The number of amides is 1. The third-order valence-electron chi connectivity index (χ3n) is 5.49. The zero-order valence-corrected chi connectivity index (χ0v) is 20.0. The minimum absolute atomic E-state index is 0.146. The van der Waals surface area contributed by atoms with Gasteiger partial charge in [-0.15, -0.1) is 10.2 Å². The van der Waals surface area contributed by atoms with Crippen molar-refractivity contribution in [1.29, 1.82) is 0 Å². The van der Waals surface area contributed by atoms with Gasteiger partial charge >= 0.3 is 5.91 Å². The Morgan fingerprint density at radius 2 is 1.72 bits per heavy atom. The molecule has 1 atom stereocenters. The smallest absolute Gasteiger partial charge is 0.301 e. The minimum atomic E-state index is -1.00. The van der Waals surface area contributed by atoms with Gasteiger partial charge in [0.2, 0.25) is 5.13 Å². The monoisotopic (exact) mass is 522 g/mol. The first-order chi connectivity index (χ1) is 17.4. The van der Waals surface area contributed by atoms with Gasteiger partial charge in [0, 0.05) is 23.7 Å². The Labute approximate surface area is 212 Å². The largest absolute Gasteiger partial charge is 0.507 e. The van der Waals surface area contributed by atoms with E-state index in [1.165, 1.54) is 47.3 Å². The first-order valence-corrected chi connectivity index (χ1v) is 12.4. The number of halogens is 2. The second kappa shape index (κ2) is 9.96. The fourth-order valence-electron chi connectivity index (χ4n) is 3.77. The Kier molecular flexibility index (Phi) is 6.57. The van der Waals surface area contributed by atoms with E-state index in [1.807, 2.05) is 0 Å². The van der Waals surface area contributed by atoms with Gasteiger partial charge in [0.1, 0.15) is 17.4 Å². The predicted octanol–water partition coefficient (Wildman–Crippen LogP) is 5.13. The van der Waals surface area contributed by atoms with Crippen LogP contribution in [0.4, 0.5) is 13.9 Å². The van der Waals surface area contributed by atoms with Crippen LogP contribution in [0.3, 0.4) is 0 Å². The summed E-state index contributed by atoms with van der Waals surface area (Å²) in [6.07, 6.45) is 3.01. The van der Waals surface area contributed by atoms with Gasteiger partial charge in [0.25, 0.3) is 5.78 Å². The van der Waals surface area contributed by atoms with E-state index in [9.17, 15) is 23.5 Å². The van der Waals surface area contributed by atoms with Gasteiger partial charge in [0.15, 0.2) is 4.34 Å². The highest BCUT2D eigenvalue weighted by Gasteiger charge is 2.48. The summed E-state index contributed by atoms with van der Waals surface area (Å²) in [5.74, 6) is -2.77.